The van der Waals surface area contributed by atoms with E-state index in [1.165, 1.54) is 12.0 Å². The first kappa shape index (κ1) is 21.1. The SMILES string of the molecule is CCCCc1ccc(NC(=O)c2ccccc2-c2ncc(-c3cccc(Br)c3)o2)cc1. The van der Waals surface area contributed by atoms with Crippen molar-refractivity contribution < 1.29 is 9.21 Å². The number of nitrogens with one attached hydrogen (secondary N) is 1. The molecule has 3 aromatic carbocycles. The van der Waals surface area contributed by atoms with Gasteiger partial charge in [0.1, 0.15) is 0 Å². The predicted octanol–water partition coefficient (Wildman–Crippen LogP) is 7.37. The fourth-order valence-electron chi connectivity index (χ4n) is 3.38. The molecule has 156 valence electrons. The van der Waals surface area contributed by atoms with Crippen LogP contribution in [0, 0.1) is 0 Å². The van der Waals surface area contributed by atoms with Gasteiger partial charge in [0, 0.05) is 21.3 Å². The molecule has 0 bridgehead atoms. The molecule has 0 saturated carbocycles. The number of aromatic nitrogens is 1. The Labute approximate surface area is 190 Å². The van der Waals surface area contributed by atoms with Crippen LogP contribution in [0.25, 0.3) is 22.8 Å². The Morgan fingerprint density at radius 3 is 2.61 bits per heavy atom. The summed E-state index contributed by atoms with van der Waals surface area (Å²) in [5, 5.41) is 2.98. The van der Waals surface area contributed by atoms with E-state index in [4.69, 9.17) is 4.42 Å². The van der Waals surface area contributed by atoms with Gasteiger partial charge in [0.25, 0.3) is 5.91 Å². The highest BCUT2D eigenvalue weighted by Gasteiger charge is 2.17. The summed E-state index contributed by atoms with van der Waals surface area (Å²) in [6.07, 6.45) is 5.06. The van der Waals surface area contributed by atoms with Crippen LogP contribution in [0.3, 0.4) is 0 Å². The van der Waals surface area contributed by atoms with Crippen molar-refractivity contribution in [2.75, 3.05) is 5.32 Å². The Kier molecular flexibility index (Phi) is 6.63. The minimum atomic E-state index is -0.195. The number of unbranched alkanes of at least 4 members (excludes halogenated alkanes) is 1. The van der Waals surface area contributed by atoms with Crippen molar-refractivity contribution in [3.8, 4) is 22.8 Å². The van der Waals surface area contributed by atoms with Crippen LogP contribution in [0.1, 0.15) is 35.7 Å². The molecule has 0 aliphatic rings. The molecular formula is C26H23BrN2O2. The van der Waals surface area contributed by atoms with E-state index in [9.17, 15) is 4.79 Å². The second kappa shape index (κ2) is 9.75. The molecule has 0 fully saturated rings. The maximum absolute atomic E-state index is 13.0. The van der Waals surface area contributed by atoms with Gasteiger partial charge in [-0.25, -0.2) is 4.98 Å². The molecule has 0 saturated heterocycles. The zero-order valence-corrected chi connectivity index (χ0v) is 18.9. The van der Waals surface area contributed by atoms with Crippen molar-refractivity contribution in [3.63, 3.8) is 0 Å². The summed E-state index contributed by atoms with van der Waals surface area (Å²) >= 11 is 3.47. The van der Waals surface area contributed by atoms with E-state index in [2.05, 4.69) is 45.3 Å². The minimum Gasteiger partial charge on any atom is -0.436 e. The summed E-state index contributed by atoms with van der Waals surface area (Å²) in [4.78, 5) is 17.4. The van der Waals surface area contributed by atoms with Crippen molar-refractivity contribution in [2.45, 2.75) is 26.2 Å². The molecule has 0 aliphatic carbocycles. The third-order valence-electron chi connectivity index (χ3n) is 5.05. The van der Waals surface area contributed by atoms with Gasteiger partial charge >= 0.3 is 0 Å². The van der Waals surface area contributed by atoms with Gasteiger partial charge in [-0.3, -0.25) is 4.79 Å². The number of halogens is 1. The normalized spacial score (nSPS) is 10.8. The van der Waals surface area contributed by atoms with Crippen molar-refractivity contribution >= 4 is 27.5 Å². The zero-order valence-electron chi connectivity index (χ0n) is 17.3. The molecule has 4 rings (SSSR count). The number of carbonyl (C=O) groups is 1. The Balaban J connectivity index is 1.55. The van der Waals surface area contributed by atoms with Gasteiger partial charge < -0.3 is 9.73 Å². The summed E-state index contributed by atoms with van der Waals surface area (Å²) in [5.74, 6) is 0.865. The minimum absolute atomic E-state index is 0.195. The van der Waals surface area contributed by atoms with Crippen LogP contribution >= 0.6 is 15.9 Å². The topological polar surface area (TPSA) is 55.1 Å². The van der Waals surface area contributed by atoms with Crippen molar-refractivity contribution in [2.24, 2.45) is 0 Å². The van der Waals surface area contributed by atoms with Crippen LogP contribution < -0.4 is 5.32 Å². The number of anilines is 1. The second-order valence-electron chi connectivity index (χ2n) is 7.34. The van der Waals surface area contributed by atoms with Crippen LogP contribution in [0.15, 0.2) is 87.9 Å². The molecule has 1 heterocycles. The molecule has 0 aliphatic heterocycles. The number of hydrogen-bond donors (Lipinski definition) is 1. The first-order chi connectivity index (χ1) is 15.1. The number of amides is 1. The van der Waals surface area contributed by atoms with Gasteiger partial charge in [0.05, 0.1) is 11.8 Å². The number of hydrogen-bond acceptors (Lipinski definition) is 3. The zero-order chi connectivity index (χ0) is 21.6. The van der Waals surface area contributed by atoms with Crippen LogP contribution in [0.2, 0.25) is 0 Å². The average Bonchev–Trinajstić information content (AvgIpc) is 3.29. The number of oxazole rings is 1. The highest BCUT2D eigenvalue weighted by Crippen LogP contribution is 2.30. The van der Waals surface area contributed by atoms with E-state index < -0.39 is 0 Å². The summed E-state index contributed by atoms with van der Waals surface area (Å²) in [6.45, 7) is 2.18. The van der Waals surface area contributed by atoms with Crippen molar-refractivity contribution in [3.05, 3.63) is 94.6 Å². The van der Waals surface area contributed by atoms with Crippen LogP contribution in [0.5, 0.6) is 0 Å². The van der Waals surface area contributed by atoms with Gasteiger partial charge in [0.15, 0.2) is 5.76 Å². The quantitative estimate of drug-likeness (QED) is 0.304. The number of nitrogens with zero attached hydrogens (tertiary/aromatic N) is 1. The lowest BCUT2D eigenvalue weighted by Gasteiger charge is -2.09. The third-order valence-corrected chi connectivity index (χ3v) is 5.54. The highest BCUT2D eigenvalue weighted by molar-refractivity contribution is 9.10. The Hall–Kier alpha value is -3.18. The molecule has 1 amide bonds. The van der Waals surface area contributed by atoms with Crippen molar-refractivity contribution in [1.82, 2.24) is 4.98 Å². The maximum Gasteiger partial charge on any atom is 0.256 e. The standard InChI is InChI=1S/C26H23BrN2O2/c1-2-3-7-18-12-14-21(15-13-18)29-25(30)22-10-4-5-11-23(22)26-28-17-24(31-26)19-8-6-9-20(27)16-19/h4-6,8-17H,2-3,7H2,1H3,(H,29,30). The molecule has 0 spiro atoms. The number of rotatable bonds is 7. The summed E-state index contributed by atoms with van der Waals surface area (Å²) in [7, 11) is 0. The maximum atomic E-state index is 13.0. The van der Waals surface area contributed by atoms with E-state index in [1.807, 2.05) is 54.6 Å². The average molecular weight is 475 g/mol. The molecule has 4 nitrogen and oxygen atoms in total. The molecule has 1 aromatic heterocycles. The summed E-state index contributed by atoms with van der Waals surface area (Å²) < 4.78 is 6.95. The first-order valence-electron chi connectivity index (χ1n) is 10.4. The van der Waals surface area contributed by atoms with Crippen LogP contribution in [0.4, 0.5) is 5.69 Å². The summed E-state index contributed by atoms with van der Waals surface area (Å²) in [5.41, 5.74) is 4.13. The largest absolute Gasteiger partial charge is 0.436 e. The molecule has 0 atom stereocenters. The van der Waals surface area contributed by atoms with E-state index in [1.54, 1.807) is 12.3 Å². The van der Waals surface area contributed by atoms with E-state index in [0.29, 0.717) is 22.8 Å². The lowest BCUT2D eigenvalue weighted by Crippen LogP contribution is -2.13. The lowest BCUT2D eigenvalue weighted by molar-refractivity contribution is 0.102. The van der Waals surface area contributed by atoms with Gasteiger partial charge in [0.2, 0.25) is 5.89 Å². The molecule has 4 aromatic rings. The Morgan fingerprint density at radius 1 is 1.03 bits per heavy atom. The highest BCUT2D eigenvalue weighted by atomic mass is 79.9. The molecular weight excluding hydrogens is 452 g/mol. The fraction of sp³-hybridized carbons (Fsp3) is 0.154. The van der Waals surface area contributed by atoms with Gasteiger partial charge in [-0.15, -0.1) is 0 Å². The Bertz CT molecular complexity index is 1180. The number of carbonyl (C=O) groups excluding carboxylic acids is 1. The van der Waals surface area contributed by atoms with Crippen molar-refractivity contribution in [1.29, 1.82) is 0 Å². The first-order valence-corrected chi connectivity index (χ1v) is 11.1. The number of aryl methyl sites for hydroxylation is 1. The van der Waals surface area contributed by atoms with Crippen LogP contribution in [-0.4, -0.2) is 10.9 Å². The van der Waals surface area contributed by atoms with E-state index in [0.717, 1.165) is 28.6 Å². The second-order valence-corrected chi connectivity index (χ2v) is 8.26. The van der Waals surface area contributed by atoms with Gasteiger partial charge in [-0.05, 0) is 54.8 Å². The number of benzene rings is 3. The summed E-state index contributed by atoms with van der Waals surface area (Å²) in [6, 6.07) is 23.2. The molecule has 0 unspecified atom stereocenters. The molecule has 0 radical (unpaired) electrons. The Morgan fingerprint density at radius 2 is 1.84 bits per heavy atom. The lowest BCUT2D eigenvalue weighted by atomic mass is 10.1. The molecule has 5 heteroatoms. The molecule has 31 heavy (non-hydrogen) atoms. The van der Waals surface area contributed by atoms with Crippen LogP contribution in [-0.2, 0) is 6.42 Å². The predicted molar refractivity (Wildman–Crippen MR) is 128 cm³/mol. The third kappa shape index (κ3) is 5.12. The molecule has 1 N–H and O–H groups in total. The van der Waals surface area contributed by atoms with Gasteiger partial charge in [-0.1, -0.05) is 65.7 Å². The fourth-order valence-corrected chi connectivity index (χ4v) is 3.77. The van der Waals surface area contributed by atoms with E-state index in [-0.39, 0.29) is 5.91 Å². The van der Waals surface area contributed by atoms with Gasteiger partial charge in [-0.2, -0.15) is 0 Å². The van der Waals surface area contributed by atoms with E-state index >= 15 is 0 Å². The monoisotopic (exact) mass is 474 g/mol. The smallest absolute Gasteiger partial charge is 0.256 e.